The van der Waals surface area contributed by atoms with Gasteiger partial charge >= 0.3 is 0 Å². The molecule has 1 aromatic heterocycles. The van der Waals surface area contributed by atoms with Gasteiger partial charge in [-0.25, -0.2) is 4.98 Å². The predicted octanol–water partition coefficient (Wildman–Crippen LogP) is 4.48. The third kappa shape index (κ3) is 4.21. The number of benzene rings is 2. The van der Waals surface area contributed by atoms with E-state index in [1.165, 1.54) is 23.5 Å². The maximum atomic E-state index is 13.3. The second kappa shape index (κ2) is 8.34. The summed E-state index contributed by atoms with van der Waals surface area (Å²) in [5, 5.41) is 11.8. The van der Waals surface area contributed by atoms with Gasteiger partial charge in [0.25, 0.3) is 11.6 Å². The fourth-order valence-electron chi connectivity index (χ4n) is 2.78. The average Bonchev–Trinajstić information content (AvgIpc) is 3.04. The van der Waals surface area contributed by atoms with Crippen molar-refractivity contribution in [3.05, 3.63) is 62.1 Å². The van der Waals surface area contributed by atoms with Gasteiger partial charge in [0.2, 0.25) is 0 Å². The third-order valence-corrected chi connectivity index (χ3v) is 5.85. The van der Waals surface area contributed by atoms with Crippen molar-refractivity contribution < 1.29 is 9.72 Å². The highest BCUT2D eigenvalue weighted by molar-refractivity contribution is 9.10. The Balaban J connectivity index is 2.05. The second-order valence-electron chi connectivity index (χ2n) is 6.58. The van der Waals surface area contributed by atoms with E-state index in [0.29, 0.717) is 29.3 Å². The van der Waals surface area contributed by atoms with Crippen molar-refractivity contribution in [3.8, 4) is 0 Å². The first-order valence-electron chi connectivity index (χ1n) is 8.54. The number of fused-ring (bicyclic) bond motifs is 1. The van der Waals surface area contributed by atoms with Crippen molar-refractivity contribution in [2.45, 2.75) is 6.92 Å². The predicted molar refractivity (Wildman–Crippen MR) is 115 cm³/mol. The summed E-state index contributed by atoms with van der Waals surface area (Å²) in [6.45, 7) is 2.67. The number of amides is 1. The minimum atomic E-state index is -0.467. The van der Waals surface area contributed by atoms with Gasteiger partial charge in [0.1, 0.15) is 0 Å². The second-order valence-corrected chi connectivity index (χ2v) is 8.50. The third-order valence-electron chi connectivity index (χ3n) is 4.32. The molecule has 3 aromatic rings. The fourth-order valence-corrected chi connectivity index (χ4v) is 4.33. The van der Waals surface area contributed by atoms with Crippen molar-refractivity contribution >= 4 is 54.2 Å². The number of halogens is 1. The van der Waals surface area contributed by atoms with E-state index < -0.39 is 4.92 Å². The van der Waals surface area contributed by atoms with Gasteiger partial charge in [-0.2, -0.15) is 0 Å². The molecule has 0 aliphatic rings. The van der Waals surface area contributed by atoms with E-state index in [0.717, 1.165) is 14.7 Å². The van der Waals surface area contributed by atoms with Crippen LogP contribution in [0.4, 0.5) is 10.8 Å². The Kier molecular flexibility index (Phi) is 6.07. The molecule has 0 atom stereocenters. The molecule has 0 radical (unpaired) electrons. The summed E-state index contributed by atoms with van der Waals surface area (Å²) in [6, 6.07) is 10.3. The molecule has 0 bridgehead atoms. The molecule has 7 nitrogen and oxygen atoms in total. The molecule has 2 aromatic carbocycles. The van der Waals surface area contributed by atoms with Crippen LogP contribution in [0.25, 0.3) is 10.2 Å². The highest BCUT2D eigenvalue weighted by atomic mass is 79.9. The SMILES string of the molecule is Cc1c(C(=O)N(CCN(C)C)c2nc3ccc(Br)cc3s2)cccc1[N+](=O)[O-]. The van der Waals surface area contributed by atoms with Gasteiger partial charge < -0.3 is 4.90 Å². The smallest absolute Gasteiger partial charge is 0.273 e. The molecule has 146 valence electrons. The van der Waals surface area contributed by atoms with Crippen LogP contribution in [0.2, 0.25) is 0 Å². The van der Waals surface area contributed by atoms with Crippen molar-refractivity contribution in [2.75, 3.05) is 32.1 Å². The number of nitrogens with zero attached hydrogens (tertiary/aromatic N) is 4. The van der Waals surface area contributed by atoms with E-state index in [9.17, 15) is 14.9 Å². The van der Waals surface area contributed by atoms with E-state index in [2.05, 4.69) is 20.9 Å². The molecule has 1 heterocycles. The molecule has 3 rings (SSSR count). The lowest BCUT2D eigenvalue weighted by atomic mass is 10.1. The van der Waals surface area contributed by atoms with E-state index in [-0.39, 0.29) is 11.6 Å². The topological polar surface area (TPSA) is 79.6 Å². The largest absolute Gasteiger partial charge is 0.308 e. The van der Waals surface area contributed by atoms with E-state index >= 15 is 0 Å². The van der Waals surface area contributed by atoms with Crippen LogP contribution >= 0.6 is 27.3 Å². The molecular weight excluding hydrogens is 444 g/mol. The van der Waals surface area contributed by atoms with Crippen LogP contribution in [0.3, 0.4) is 0 Å². The van der Waals surface area contributed by atoms with Crippen LogP contribution in [-0.2, 0) is 0 Å². The number of carbonyl (C=O) groups is 1. The first-order chi connectivity index (χ1) is 13.3. The standard InChI is InChI=1S/C19H19BrN4O3S/c1-12-14(5-4-6-16(12)24(26)27)18(25)23(10-9-22(2)3)19-21-15-8-7-13(20)11-17(15)28-19/h4-8,11H,9-10H2,1-3H3. The number of rotatable bonds is 6. The van der Waals surface area contributed by atoms with Gasteiger partial charge in [-0.3, -0.25) is 19.8 Å². The summed E-state index contributed by atoms with van der Waals surface area (Å²) in [6.07, 6.45) is 0. The Morgan fingerprint density at radius 3 is 2.68 bits per heavy atom. The monoisotopic (exact) mass is 462 g/mol. The molecule has 0 spiro atoms. The Morgan fingerprint density at radius 1 is 1.25 bits per heavy atom. The first-order valence-corrected chi connectivity index (χ1v) is 10.2. The molecule has 0 aliphatic carbocycles. The average molecular weight is 463 g/mol. The Bertz CT molecular complexity index is 1050. The molecular formula is C19H19BrN4O3S. The maximum absolute atomic E-state index is 13.3. The van der Waals surface area contributed by atoms with Crippen molar-refractivity contribution in [3.63, 3.8) is 0 Å². The number of hydrogen-bond donors (Lipinski definition) is 0. The summed E-state index contributed by atoms with van der Waals surface area (Å²) in [7, 11) is 3.85. The van der Waals surface area contributed by atoms with Gasteiger partial charge in [0.05, 0.1) is 15.1 Å². The Morgan fingerprint density at radius 2 is 2.00 bits per heavy atom. The quantitative estimate of drug-likeness (QED) is 0.398. The van der Waals surface area contributed by atoms with E-state index in [1.807, 2.05) is 37.2 Å². The number of nitro benzene ring substituents is 1. The first kappa shape index (κ1) is 20.4. The number of anilines is 1. The van der Waals surface area contributed by atoms with E-state index in [4.69, 9.17) is 0 Å². The number of hydrogen-bond acceptors (Lipinski definition) is 6. The molecule has 9 heteroatoms. The van der Waals surface area contributed by atoms with Crippen LogP contribution in [0.5, 0.6) is 0 Å². The van der Waals surface area contributed by atoms with Crippen molar-refractivity contribution in [2.24, 2.45) is 0 Å². The number of likely N-dealkylation sites (N-methyl/N-ethyl adjacent to an activating group) is 1. The van der Waals surface area contributed by atoms with Gasteiger partial charge in [-0.1, -0.05) is 33.3 Å². The van der Waals surface area contributed by atoms with Gasteiger partial charge in [0, 0.05) is 34.8 Å². The molecule has 0 unspecified atom stereocenters. The zero-order valence-corrected chi connectivity index (χ0v) is 18.1. The molecule has 0 N–H and O–H groups in total. The van der Waals surface area contributed by atoms with Gasteiger partial charge in [0.15, 0.2) is 5.13 Å². The number of aromatic nitrogens is 1. The van der Waals surface area contributed by atoms with Gasteiger partial charge in [-0.15, -0.1) is 0 Å². The van der Waals surface area contributed by atoms with Crippen molar-refractivity contribution in [1.29, 1.82) is 0 Å². The summed E-state index contributed by atoms with van der Waals surface area (Å²) in [4.78, 5) is 32.3. The lowest BCUT2D eigenvalue weighted by Crippen LogP contribution is -2.37. The van der Waals surface area contributed by atoms with Crippen LogP contribution in [0, 0.1) is 17.0 Å². The summed E-state index contributed by atoms with van der Waals surface area (Å²) in [5.74, 6) is -0.291. The summed E-state index contributed by atoms with van der Waals surface area (Å²) < 4.78 is 1.90. The minimum absolute atomic E-state index is 0.0633. The Labute approximate surface area is 174 Å². The molecule has 28 heavy (non-hydrogen) atoms. The molecule has 0 aliphatic heterocycles. The summed E-state index contributed by atoms with van der Waals surface area (Å²) in [5.41, 5.74) is 1.41. The molecule has 0 saturated carbocycles. The van der Waals surface area contributed by atoms with Crippen LogP contribution in [0.1, 0.15) is 15.9 Å². The van der Waals surface area contributed by atoms with Crippen LogP contribution in [-0.4, -0.2) is 47.9 Å². The minimum Gasteiger partial charge on any atom is -0.308 e. The lowest BCUT2D eigenvalue weighted by Gasteiger charge is -2.22. The molecule has 1 amide bonds. The van der Waals surface area contributed by atoms with Crippen LogP contribution in [0.15, 0.2) is 40.9 Å². The Hall–Kier alpha value is -2.36. The normalized spacial score (nSPS) is 11.2. The van der Waals surface area contributed by atoms with Crippen molar-refractivity contribution in [1.82, 2.24) is 9.88 Å². The lowest BCUT2D eigenvalue weighted by molar-refractivity contribution is -0.385. The number of nitro groups is 1. The fraction of sp³-hybridized carbons (Fsp3) is 0.263. The zero-order valence-electron chi connectivity index (χ0n) is 15.7. The summed E-state index contributed by atoms with van der Waals surface area (Å²) >= 11 is 4.88. The number of carbonyl (C=O) groups excluding carboxylic acids is 1. The van der Waals surface area contributed by atoms with E-state index in [1.54, 1.807) is 17.9 Å². The highest BCUT2D eigenvalue weighted by Gasteiger charge is 2.25. The number of thiazole rings is 1. The van der Waals surface area contributed by atoms with Gasteiger partial charge in [-0.05, 0) is 45.3 Å². The zero-order chi connectivity index (χ0) is 20.4. The maximum Gasteiger partial charge on any atom is 0.273 e. The molecule has 0 saturated heterocycles. The highest BCUT2D eigenvalue weighted by Crippen LogP contribution is 2.32. The molecule has 0 fully saturated rings. The van der Waals surface area contributed by atoms with Crippen LogP contribution < -0.4 is 4.90 Å².